The van der Waals surface area contributed by atoms with Gasteiger partial charge in [-0.3, -0.25) is 4.79 Å². The Kier molecular flexibility index (Phi) is 8.10. The standard InChI is InChI=1S/C21H32N2O4/c1-21(2,3)27-19(24)10-7-13-23-14-11-18(12-15-23)22-20(25)26-16-17-8-5-4-6-9-17/h4-6,8-9,18H,7,10-16H2,1-3H3,(H,22,25). The Bertz CT molecular complexity index is 590. The molecular weight excluding hydrogens is 344 g/mol. The fourth-order valence-corrected chi connectivity index (χ4v) is 3.07. The number of hydrogen-bond acceptors (Lipinski definition) is 5. The van der Waals surface area contributed by atoms with Crippen LogP contribution in [-0.4, -0.2) is 48.2 Å². The van der Waals surface area contributed by atoms with Crippen LogP contribution in [0.5, 0.6) is 0 Å². The van der Waals surface area contributed by atoms with Crippen LogP contribution >= 0.6 is 0 Å². The molecule has 6 heteroatoms. The summed E-state index contributed by atoms with van der Waals surface area (Å²) in [6.07, 6.45) is 2.68. The largest absolute Gasteiger partial charge is 0.460 e. The van der Waals surface area contributed by atoms with Gasteiger partial charge in [0.25, 0.3) is 0 Å². The van der Waals surface area contributed by atoms with E-state index < -0.39 is 5.60 Å². The number of esters is 1. The molecule has 1 heterocycles. The highest BCUT2D eigenvalue weighted by molar-refractivity contribution is 5.69. The number of rotatable bonds is 7. The Morgan fingerprint density at radius 1 is 1.15 bits per heavy atom. The Morgan fingerprint density at radius 3 is 2.44 bits per heavy atom. The number of benzene rings is 1. The van der Waals surface area contributed by atoms with E-state index in [2.05, 4.69) is 10.2 Å². The predicted octanol–water partition coefficient (Wildman–Crippen LogP) is 3.50. The number of amides is 1. The van der Waals surface area contributed by atoms with Gasteiger partial charge in [-0.25, -0.2) is 4.79 Å². The molecule has 6 nitrogen and oxygen atoms in total. The van der Waals surface area contributed by atoms with Crippen molar-refractivity contribution in [3.8, 4) is 0 Å². The lowest BCUT2D eigenvalue weighted by molar-refractivity contribution is -0.155. The summed E-state index contributed by atoms with van der Waals surface area (Å²) >= 11 is 0. The molecule has 1 aliphatic heterocycles. The van der Waals surface area contributed by atoms with E-state index in [0.717, 1.165) is 44.5 Å². The van der Waals surface area contributed by atoms with Crippen molar-refractivity contribution in [2.24, 2.45) is 0 Å². The molecule has 150 valence electrons. The van der Waals surface area contributed by atoms with Crippen molar-refractivity contribution < 1.29 is 19.1 Å². The number of hydrogen-bond donors (Lipinski definition) is 1. The molecule has 1 amide bonds. The van der Waals surface area contributed by atoms with E-state index in [4.69, 9.17) is 9.47 Å². The van der Waals surface area contributed by atoms with Crippen molar-refractivity contribution in [1.29, 1.82) is 0 Å². The molecule has 0 radical (unpaired) electrons. The first-order valence-electron chi connectivity index (χ1n) is 9.73. The molecule has 27 heavy (non-hydrogen) atoms. The number of carbonyl (C=O) groups is 2. The lowest BCUT2D eigenvalue weighted by Crippen LogP contribution is -2.45. The molecular formula is C21H32N2O4. The van der Waals surface area contributed by atoms with Gasteiger partial charge >= 0.3 is 12.1 Å². The second-order valence-corrected chi connectivity index (χ2v) is 8.01. The first kappa shape index (κ1) is 21.2. The highest BCUT2D eigenvalue weighted by Crippen LogP contribution is 2.13. The zero-order chi connectivity index (χ0) is 19.7. The fourth-order valence-electron chi connectivity index (χ4n) is 3.07. The number of ether oxygens (including phenoxy) is 2. The van der Waals surface area contributed by atoms with E-state index >= 15 is 0 Å². The monoisotopic (exact) mass is 376 g/mol. The van der Waals surface area contributed by atoms with Gasteiger partial charge in [0, 0.05) is 25.6 Å². The van der Waals surface area contributed by atoms with Crippen LogP contribution in [-0.2, 0) is 20.9 Å². The minimum absolute atomic E-state index is 0.139. The molecule has 1 fully saturated rings. The van der Waals surface area contributed by atoms with Crippen molar-refractivity contribution >= 4 is 12.1 Å². The second-order valence-electron chi connectivity index (χ2n) is 8.01. The zero-order valence-electron chi connectivity index (χ0n) is 16.7. The van der Waals surface area contributed by atoms with E-state index in [9.17, 15) is 9.59 Å². The first-order valence-corrected chi connectivity index (χ1v) is 9.73. The molecule has 1 aliphatic rings. The minimum atomic E-state index is -0.420. The molecule has 0 spiro atoms. The Labute approximate surface area is 162 Å². The molecule has 0 aromatic heterocycles. The lowest BCUT2D eigenvalue weighted by atomic mass is 10.0. The Balaban J connectivity index is 1.57. The minimum Gasteiger partial charge on any atom is -0.460 e. The molecule has 1 N–H and O–H groups in total. The van der Waals surface area contributed by atoms with E-state index in [1.807, 2.05) is 51.1 Å². The summed E-state index contributed by atoms with van der Waals surface area (Å²) in [6, 6.07) is 9.80. The molecule has 0 saturated carbocycles. The van der Waals surface area contributed by atoms with Crippen LogP contribution in [0.4, 0.5) is 4.79 Å². The van der Waals surface area contributed by atoms with Gasteiger partial charge < -0.3 is 19.7 Å². The molecule has 0 atom stereocenters. The molecule has 0 aliphatic carbocycles. The van der Waals surface area contributed by atoms with Crippen molar-refractivity contribution in [3.63, 3.8) is 0 Å². The van der Waals surface area contributed by atoms with Crippen LogP contribution in [0.25, 0.3) is 0 Å². The van der Waals surface area contributed by atoms with Gasteiger partial charge in [0.2, 0.25) is 0 Å². The third-order valence-electron chi connectivity index (χ3n) is 4.40. The first-order chi connectivity index (χ1) is 12.8. The third-order valence-corrected chi connectivity index (χ3v) is 4.40. The third kappa shape index (κ3) is 8.91. The van der Waals surface area contributed by atoms with E-state index in [0.29, 0.717) is 6.42 Å². The molecule has 1 saturated heterocycles. The predicted molar refractivity (Wildman–Crippen MR) is 104 cm³/mol. The van der Waals surface area contributed by atoms with Gasteiger partial charge in [0.15, 0.2) is 0 Å². The van der Waals surface area contributed by atoms with Crippen LogP contribution in [0.15, 0.2) is 30.3 Å². The summed E-state index contributed by atoms with van der Waals surface area (Å²) in [6.45, 7) is 8.64. The van der Waals surface area contributed by atoms with Crippen molar-refractivity contribution in [1.82, 2.24) is 10.2 Å². The molecule has 1 aromatic carbocycles. The number of likely N-dealkylation sites (tertiary alicyclic amines) is 1. The van der Waals surface area contributed by atoms with Crippen LogP contribution in [0.3, 0.4) is 0 Å². The highest BCUT2D eigenvalue weighted by Gasteiger charge is 2.21. The number of nitrogens with one attached hydrogen (secondary N) is 1. The Hall–Kier alpha value is -2.08. The number of alkyl carbamates (subject to hydrolysis) is 1. The van der Waals surface area contributed by atoms with E-state index in [-0.39, 0.29) is 24.7 Å². The van der Waals surface area contributed by atoms with Gasteiger partial charge in [-0.15, -0.1) is 0 Å². The summed E-state index contributed by atoms with van der Waals surface area (Å²) in [7, 11) is 0. The van der Waals surface area contributed by atoms with Crippen LogP contribution in [0, 0.1) is 0 Å². The molecule has 0 unspecified atom stereocenters. The Morgan fingerprint density at radius 2 is 1.81 bits per heavy atom. The highest BCUT2D eigenvalue weighted by atomic mass is 16.6. The average molecular weight is 376 g/mol. The fraction of sp³-hybridized carbons (Fsp3) is 0.619. The molecule has 1 aromatic rings. The summed E-state index contributed by atoms with van der Waals surface area (Å²) < 4.78 is 10.6. The maximum absolute atomic E-state index is 11.9. The van der Waals surface area contributed by atoms with Crippen molar-refractivity contribution in [2.75, 3.05) is 19.6 Å². The molecule has 0 bridgehead atoms. The van der Waals surface area contributed by atoms with Gasteiger partial charge in [0.05, 0.1) is 0 Å². The quantitative estimate of drug-likeness (QED) is 0.738. The van der Waals surface area contributed by atoms with Gasteiger partial charge in [-0.1, -0.05) is 30.3 Å². The van der Waals surface area contributed by atoms with Gasteiger partial charge in [-0.05, 0) is 52.1 Å². The van der Waals surface area contributed by atoms with Gasteiger partial charge in [-0.2, -0.15) is 0 Å². The average Bonchev–Trinajstić information content (AvgIpc) is 2.61. The number of piperidine rings is 1. The van der Waals surface area contributed by atoms with Gasteiger partial charge in [0.1, 0.15) is 12.2 Å². The maximum Gasteiger partial charge on any atom is 0.407 e. The maximum atomic E-state index is 11.9. The van der Waals surface area contributed by atoms with Crippen molar-refractivity contribution in [2.45, 2.75) is 64.7 Å². The molecule has 2 rings (SSSR count). The van der Waals surface area contributed by atoms with Crippen LogP contribution in [0.2, 0.25) is 0 Å². The topological polar surface area (TPSA) is 67.9 Å². The zero-order valence-corrected chi connectivity index (χ0v) is 16.7. The van der Waals surface area contributed by atoms with E-state index in [1.165, 1.54) is 0 Å². The number of carbonyl (C=O) groups excluding carboxylic acids is 2. The SMILES string of the molecule is CC(C)(C)OC(=O)CCCN1CCC(NC(=O)OCc2ccccc2)CC1. The number of nitrogens with zero attached hydrogens (tertiary/aromatic N) is 1. The summed E-state index contributed by atoms with van der Waals surface area (Å²) in [5.74, 6) is -0.139. The van der Waals surface area contributed by atoms with Crippen LogP contribution < -0.4 is 5.32 Å². The summed E-state index contributed by atoms with van der Waals surface area (Å²) in [4.78, 5) is 26.0. The smallest absolute Gasteiger partial charge is 0.407 e. The lowest BCUT2D eigenvalue weighted by Gasteiger charge is -2.32. The van der Waals surface area contributed by atoms with Crippen LogP contribution in [0.1, 0.15) is 52.0 Å². The van der Waals surface area contributed by atoms with Crippen molar-refractivity contribution in [3.05, 3.63) is 35.9 Å². The van der Waals surface area contributed by atoms with E-state index in [1.54, 1.807) is 0 Å². The normalized spacial score (nSPS) is 16.0. The summed E-state index contributed by atoms with van der Waals surface area (Å²) in [5.41, 5.74) is 0.559. The second kappa shape index (κ2) is 10.3. The summed E-state index contributed by atoms with van der Waals surface area (Å²) in [5, 5.41) is 2.95.